The number of carbonyl (C=O) groups is 1. The fraction of sp³-hybridized carbons (Fsp3) is 0.900. The fourth-order valence-electron chi connectivity index (χ4n) is 1.70. The van der Waals surface area contributed by atoms with Crippen molar-refractivity contribution >= 4 is 17.5 Å². The van der Waals surface area contributed by atoms with Gasteiger partial charge in [0.2, 0.25) is 0 Å². The van der Waals surface area contributed by atoms with Gasteiger partial charge in [0.1, 0.15) is 11.2 Å². The van der Waals surface area contributed by atoms with Crippen LogP contribution >= 0.6 is 11.8 Å². The lowest BCUT2D eigenvalue weighted by molar-refractivity contribution is -0.130. The highest BCUT2D eigenvalue weighted by Crippen LogP contribution is 2.31. The lowest BCUT2D eigenvalue weighted by atomic mass is 9.90. The van der Waals surface area contributed by atoms with Crippen molar-refractivity contribution in [1.82, 2.24) is 0 Å². The highest BCUT2D eigenvalue weighted by molar-refractivity contribution is 7.99. The first-order valence-corrected chi connectivity index (χ1v) is 6.19. The summed E-state index contributed by atoms with van der Waals surface area (Å²) in [5.41, 5.74) is 0.0329. The molecule has 0 unspecified atom stereocenters. The molecule has 1 aliphatic rings. The molecule has 4 atom stereocenters. The van der Waals surface area contributed by atoms with E-state index in [1.807, 2.05) is 13.2 Å². The van der Waals surface area contributed by atoms with Crippen molar-refractivity contribution in [3.63, 3.8) is 0 Å². The van der Waals surface area contributed by atoms with Gasteiger partial charge in [-0.05, 0) is 13.2 Å². The highest BCUT2D eigenvalue weighted by Gasteiger charge is 2.34. The Balaban J connectivity index is 2.57. The van der Waals surface area contributed by atoms with Gasteiger partial charge in [-0.2, -0.15) is 0 Å². The first kappa shape index (κ1) is 12.0. The molecule has 0 amide bonds. The van der Waals surface area contributed by atoms with Crippen molar-refractivity contribution in [2.24, 2.45) is 5.92 Å². The molecule has 4 heteroatoms. The second-order valence-corrected chi connectivity index (χ2v) is 4.91. The van der Waals surface area contributed by atoms with E-state index in [2.05, 4.69) is 0 Å². The lowest BCUT2D eigenvalue weighted by Gasteiger charge is -2.37. The minimum atomic E-state index is -0.342. The molecular formula is C10H18O3S. The highest BCUT2D eigenvalue weighted by atomic mass is 32.2. The van der Waals surface area contributed by atoms with Crippen LogP contribution in [-0.2, 0) is 9.53 Å². The first-order valence-electron chi connectivity index (χ1n) is 4.90. The molecule has 1 saturated heterocycles. The van der Waals surface area contributed by atoms with Gasteiger partial charge in [-0.15, -0.1) is 11.8 Å². The summed E-state index contributed by atoms with van der Waals surface area (Å²) in [4.78, 5) is 11.0. The monoisotopic (exact) mass is 218 g/mol. The molecule has 1 heterocycles. The van der Waals surface area contributed by atoms with Gasteiger partial charge in [0.15, 0.2) is 0 Å². The number of hydrogen-bond donors (Lipinski definition) is 1. The average Bonchev–Trinajstić information content (AvgIpc) is 2.11. The van der Waals surface area contributed by atoms with Crippen LogP contribution in [0, 0.1) is 5.92 Å². The van der Waals surface area contributed by atoms with Crippen LogP contribution in [0.1, 0.15) is 26.7 Å². The van der Waals surface area contributed by atoms with Crippen LogP contribution in [0.3, 0.4) is 0 Å². The van der Waals surface area contributed by atoms with E-state index < -0.39 is 0 Å². The molecule has 0 aliphatic carbocycles. The molecule has 0 aromatic rings. The van der Waals surface area contributed by atoms with E-state index >= 15 is 0 Å². The van der Waals surface area contributed by atoms with Gasteiger partial charge in [0.05, 0.1) is 12.2 Å². The van der Waals surface area contributed by atoms with Crippen molar-refractivity contribution in [2.75, 3.05) is 6.26 Å². The summed E-state index contributed by atoms with van der Waals surface area (Å²) in [5.74, 6) is 0.179. The van der Waals surface area contributed by atoms with Gasteiger partial charge in [0, 0.05) is 18.8 Å². The Bertz CT molecular complexity index is 208. The van der Waals surface area contributed by atoms with Crippen molar-refractivity contribution in [2.45, 2.75) is 44.3 Å². The molecule has 0 aromatic carbocycles. The molecule has 3 nitrogen and oxygen atoms in total. The van der Waals surface area contributed by atoms with E-state index in [4.69, 9.17) is 4.74 Å². The zero-order valence-corrected chi connectivity index (χ0v) is 9.71. The third-order valence-corrected chi connectivity index (χ3v) is 3.53. The fourth-order valence-corrected chi connectivity index (χ4v) is 2.35. The molecule has 0 bridgehead atoms. The minimum Gasteiger partial charge on any atom is -0.393 e. The van der Waals surface area contributed by atoms with Crippen LogP contribution in [-0.4, -0.2) is 34.8 Å². The zero-order chi connectivity index (χ0) is 10.7. The first-order chi connectivity index (χ1) is 6.54. The smallest absolute Gasteiger partial charge is 0.132 e. The van der Waals surface area contributed by atoms with E-state index in [0.717, 1.165) is 0 Å². The number of thioether (sulfide) groups is 1. The predicted octanol–water partition coefficient (Wildman–Crippen LogP) is 1.44. The summed E-state index contributed by atoms with van der Waals surface area (Å²) in [6.07, 6.45) is 2.57. The summed E-state index contributed by atoms with van der Waals surface area (Å²) in [7, 11) is 0. The maximum Gasteiger partial charge on any atom is 0.132 e. The second kappa shape index (κ2) is 5.14. The Hall–Kier alpha value is -0.0600. The molecular weight excluding hydrogens is 200 g/mol. The van der Waals surface area contributed by atoms with Crippen LogP contribution in [0.15, 0.2) is 0 Å². The number of hydrogen-bond acceptors (Lipinski definition) is 4. The summed E-state index contributed by atoms with van der Waals surface area (Å²) in [6.45, 7) is 3.50. The molecule has 1 N–H and O–H groups in total. The van der Waals surface area contributed by atoms with Crippen molar-refractivity contribution in [1.29, 1.82) is 0 Å². The molecule has 0 aromatic heterocycles. The Kier molecular flexibility index (Phi) is 4.41. The van der Waals surface area contributed by atoms with Crippen molar-refractivity contribution in [3.05, 3.63) is 0 Å². The van der Waals surface area contributed by atoms with Crippen LogP contribution in [0.5, 0.6) is 0 Å². The number of Topliss-reactive ketones (excluding diaryl/α,β-unsaturated/α-hetero) is 1. The number of ether oxygens (including phenoxy) is 1. The van der Waals surface area contributed by atoms with E-state index in [0.29, 0.717) is 12.8 Å². The summed E-state index contributed by atoms with van der Waals surface area (Å²) >= 11 is 1.59. The molecule has 1 rings (SSSR count). The SMILES string of the molecule is CS[C@@H]1C[C@@H](O)[C@@H](C)[C@@H](CC(C)=O)O1. The molecule has 1 fully saturated rings. The Morgan fingerprint density at radius 2 is 2.29 bits per heavy atom. The Morgan fingerprint density at radius 1 is 1.64 bits per heavy atom. The number of rotatable bonds is 3. The molecule has 1 aliphatic heterocycles. The van der Waals surface area contributed by atoms with Crippen LogP contribution < -0.4 is 0 Å². The Morgan fingerprint density at radius 3 is 2.79 bits per heavy atom. The van der Waals surface area contributed by atoms with Crippen molar-refractivity contribution < 1.29 is 14.6 Å². The summed E-state index contributed by atoms with van der Waals surface area (Å²) in [5, 5.41) is 9.76. The topological polar surface area (TPSA) is 46.5 Å². The molecule has 0 radical (unpaired) electrons. The van der Waals surface area contributed by atoms with Gasteiger partial charge >= 0.3 is 0 Å². The zero-order valence-electron chi connectivity index (χ0n) is 8.90. The Labute approximate surface area is 89.2 Å². The van der Waals surface area contributed by atoms with Crippen LogP contribution in [0.25, 0.3) is 0 Å². The molecule has 0 spiro atoms. The van der Waals surface area contributed by atoms with Gasteiger partial charge < -0.3 is 9.84 Å². The van der Waals surface area contributed by atoms with Gasteiger partial charge in [-0.1, -0.05) is 6.92 Å². The van der Waals surface area contributed by atoms with Gasteiger partial charge in [-0.25, -0.2) is 0 Å². The van der Waals surface area contributed by atoms with Gasteiger partial charge in [0.25, 0.3) is 0 Å². The predicted molar refractivity (Wildman–Crippen MR) is 57.3 cm³/mol. The summed E-state index contributed by atoms with van der Waals surface area (Å²) < 4.78 is 5.71. The third-order valence-electron chi connectivity index (χ3n) is 2.71. The maximum absolute atomic E-state index is 11.0. The van der Waals surface area contributed by atoms with E-state index in [9.17, 15) is 9.90 Å². The number of aliphatic hydroxyl groups excluding tert-OH is 1. The number of carbonyl (C=O) groups excluding carboxylic acids is 1. The molecule has 82 valence electrons. The van der Waals surface area contributed by atoms with Gasteiger partial charge in [-0.3, -0.25) is 4.79 Å². The second-order valence-electron chi connectivity index (χ2n) is 3.91. The lowest BCUT2D eigenvalue weighted by Crippen LogP contribution is -2.42. The van der Waals surface area contributed by atoms with E-state index in [-0.39, 0.29) is 29.3 Å². The van der Waals surface area contributed by atoms with E-state index in [1.54, 1.807) is 18.7 Å². The summed E-state index contributed by atoms with van der Waals surface area (Å²) in [6, 6.07) is 0. The van der Waals surface area contributed by atoms with Crippen LogP contribution in [0.4, 0.5) is 0 Å². The average molecular weight is 218 g/mol. The van der Waals surface area contributed by atoms with E-state index in [1.165, 1.54) is 0 Å². The standard InChI is InChI=1S/C10H18O3S/c1-6(11)4-9-7(2)8(12)5-10(13-9)14-3/h7-10,12H,4-5H2,1-3H3/t7-,8-,9-,10-/m1/s1. The van der Waals surface area contributed by atoms with Crippen molar-refractivity contribution in [3.8, 4) is 0 Å². The maximum atomic E-state index is 11.0. The normalized spacial score (nSPS) is 38.3. The number of aliphatic hydroxyl groups is 1. The number of ketones is 1. The minimum absolute atomic E-state index is 0.0329. The third kappa shape index (κ3) is 2.97. The molecule has 14 heavy (non-hydrogen) atoms. The molecule has 0 saturated carbocycles. The quantitative estimate of drug-likeness (QED) is 0.778. The van der Waals surface area contributed by atoms with Crippen LogP contribution in [0.2, 0.25) is 0 Å². The largest absolute Gasteiger partial charge is 0.393 e.